The molecule has 2 heterocycles. The second-order valence-electron chi connectivity index (χ2n) is 6.82. The fourth-order valence-electron chi connectivity index (χ4n) is 3.35. The zero-order valence-corrected chi connectivity index (χ0v) is 14.9. The maximum Gasteiger partial charge on any atom is 0.433 e. The summed E-state index contributed by atoms with van der Waals surface area (Å²) >= 11 is 0. The molecule has 152 valence electrons. The van der Waals surface area contributed by atoms with Gasteiger partial charge in [-0.25, -0.2) is 9.97 Å². The Morgan fingerprint density at radius 3 is 2.31 bits per heavy atom. The Bertz CT molecular complexity index is 1040. The van der Waals surface area contributed by atoms with E-state index in [4.69, 9.17) is 4.74 Å². The van der Waals surface area contributed by atoms with Gasteiger partial charge in [0, 0.05) is 5.56 Å². The molecule has 1 aliphatic heterocycles. The largest absolute Gasteiger partial charge is 0.433 e. The summed E-state index contributed by atoms with van der Waals surface area (Å²) < 4.78 is 45.6. The van der Waals surface area contributed by atoms with Gasteiger partial charge in [-0.2, -0.15) is 13.2 Å². The number of hydrogen-bond acceptors (Lipinski definition) is 6. The molecule has 0 radical (unpaired) electrons. The maximum absolute atomic E-state index is 13.4. The molecule has 0 spiro atoms. The first-order valence-corrected chi connectivity index (χ1v) is 8.86. The van der Waals surface area contributed by atoms with Crippen molar-refractivity contribution in [3.63, 3.8) is 0 Å². The first-order valence-electron chi connectivity index (χ1n) is 8.86. The average Bonchev–Trinajstić information content (AvgIpc) is 3.01. The molecule has 0 amide bonds. The quantitative estimate of drug-likeness (QED) is 0.619. The summed E-state index contributed by atoms with van der Waals surface area (Å²) in [5, 5.41) is 31.0. The maximum atomic E-state index is 13.4. The van der Waals surface area contributed by atoms with Crippen molar-refractivity contribution in [3.05, 3.63) is 60.0 Å². The predicted molar refractivity (Wildman–Crippen MR) is 96.7 cm³/mol. The number of nitrogens with zero attached hydrogens (tertiary/aromatic N) is 2. The van der Waals surface area contributed by atoms with Crippen LogP contribution >= 0.6 is 0 Å². The van der Waals surface area contributed by atoms with Crippen LogP contribution in [0.15, 0.2) is 48.5 Å². The van der Waals surface area contributed by atoms with Crippen molar-refractivity contribution in [1.29, 1.82) is 0 Å². The number of halogens is 3. The molecular weight excluding hydrogens is 389 g/mol. The highest BCUT2D eigenvalue weighted by atomic mass is 19.4. The second-order valence-corrected chi connectivity index (χ2v) is 6.82. The monoisotopic (exact) mass is 406 g/mol. The van der Waals surface area contributed by atoms with Crippen LogP contribution in [0.2, 0.25) is 0 Å². The van der Waals surface area contributed by atoms with Gasteiger partial charge in [0.25, 0.3) is 0 Å². The van der Waals surface area contributed by atoms with Crippen molar-refractivity contribution in [2.75, 3.05) is 6.61 Å². The molecule has 2 aromatic carbocycles. The van der Waals surface area contributed by atoms with Crippen LogP contribution in [0.4, 0.5) is 13.2 Å². The van der Waals surface area contributed by atoms with Crippen molar-refractivity contribution < 1.29 is 33.2 Å². The summed E-state index contributed by atoms with van der Waals surface area (Å²) in [5.74, 6) is -0.412. The molecule has 0 saturated carbocycles. The van der Waals surface area contributed by atoms with E-state index < -0.39 is 48.7 Å². The summed E-state index contributed by atoms with van der Waals surface area (Å²) in [6.07, 6.45) is -10.3. The van der Waals surface area contributed by atoms with Gasteiger partial charge in [0.2, 0.25) is 0 Å². The molecule has 4 rings (SSSR count). The highest BCUT2D eigenvalue weighted by molar-refractivity contribution is 5.86. The van der Waals surface area contributed by atoms with E-state index in [1.54, 1.807) is 18.2 Å². The van der Waals surface area contributed by atoms with Crippen LogP contribution in [0.1, 0.15) is 17.6 Å². The van der Waals surface area contributed by atoms with Gasteiger partial charge < -0.3 is 20.1 Å². The minimum absolute atomic E-state index is 0.00539. The number of aliphatic hydroxyl groups excluding tert-OH is 3. The van der Waals surface area contributed by atoms with Crippen LogP contribution in [0.3, 0.4) is 0 Å². The van der Waals surface area contributed by atoms with Crippen LogP contribution in [-0.2, 0) is 10.9 Å². The zero-order chi connectivity index (χ0) is 20.8. The van der Waals surface area contributed by atoms with Gasteiger partial charge in [-0.3, -0.25) is 0 Å². The van der Waals surface area contributed by atoms with E-state index in [0.717, 1.165) is 16.8 Å². The smallest absolute Gasteiger partial charge is 0.394 e. The van der Waals surface area contributed by atoms with Gasteiger partial charge in [-0.15, -0.1) is 0 Å². The van der Waals surface area contributed by atoms with Crippen LogP contribution in [0.25, 0.3) is 22.0 Å². The van der Waals surface area contributed by atoms with Crippen LogP contribution in [0, 0.1) is 0 Å². The highest BCUT2D eigenvalue weighted by Gasteiger charge is 2.45. The summed E-state index contributed by atoms with van der Waals surface area (Å²) in [5.41, 5.74) is -0.751. The molecule has 1 saturated heterocycles. The van der Waals surface area contributed by atoms with Gasteiger partial charge in [0.05, 0.1) is 12.3 Å². The molecule has 3 N–H and O–H groups in total. The van der Waals surface area contributed by atoms with Crippen molar-refractivity contribution in [2.24, 2.45) is 0 Å². The van der Waals surface area contributed by atoms with E-state index in [2.05, 4.69) is 9.97 Å². The Balaban J connectivity index is 1.83. The summed E-state index contributed by atoms with van der Waals surface area (Å²) in [6.45, 7) is -0.606. The molecular formula is C20H17F3N2O4. The van der Waals surface area contributed by atoms with Gasteiger partial charge in [0.1, 0.15) is 30.1 Å². The van der Waals surface area contributed by atoms with Crippen LogP contribution in [0.5, 0.6) is 0 Å². The Morgan fingerprint density at radius 2 is 1.66 bits per heavy atom. The Hall–Kier alpha value is -2.59. The first kappa shape index (κ1) is 19.7. The lowest BCUT2D eigenvalue weighted by Crippen LogP contribution is -2.32. The minimum Gasteiger partial charge on any atom is -0.394 e. The predicted octanol–water partition coefficient (Wildman–Crippen LogP) is 2.47. The summed E-state index contributed by atoms with van der Waals surface area (Å²) in [7, 11) is 0. The number of aliphatic hydroxyl groups is 3. The molecule has 0 bridgehead atoms. The number of ether oxygens (including phenoxy) is 1. The Kier molecular flexibility index (Phi) is 4.99. The topological polar surface area (TPSA) is 95.7 Å². The van der Waals surface area contributed by atoms with Crippen molar-refractivity contribution >= 4 is 10.8 Å². The lowest BCUT2D eigenvalue weighted by atomic mass is 10.0. The van der Waals surface area contributed by atoms with E-state index in [-0.39, 0.29) is 5.69 Å². The lowest BCUT2D eigenvalue weighted by molar-refractivity contribution is -0.141. The number of fused-ring (bicyclic) bond motifs is 1. The Labute approximate surface area is 163 Å². The molecule has 29 heavy (non-hydrogen) atoms. The number of alkyl halides is 3. The van der Waals surface area contributed by atoms with E-state index in [1.165, 1.54) is 0 Å². The molecule has 1 fully saturated rings. The number of rotatable bonds is 3. The second kappa shape index (κ2) is 7.34. The van der Waals surface area contributed by atoms with Crippen molar-refractivity contribution in [1.82, 2.24) is 9.97 Å². The number of benzene rings is 2. The van der Waals surface area contributed by atoms with Gasteiger partial charge in [0.15, 0.2) is 5.82 Å². The van der Waals surface area contributed by atoms with Gasteiger partial charge in [-0.05, 0) is 22.9 Å². The Morgan fingerprint density at radius 1 is 0.931 bits per heavy atom. The standard InChI is InChI=1S/C20H17F3N2O4/c21-20(22,23)15-8-13(12-6-5-10-3-1-2-4-11(10)7-12)24-19(25-15)18-17(28)16(27)14(9-26)29-18/h1-8,14,16-18,26-28H,9H2/t14-,16-,17-,18-/m1/s1. The van der Waals surface area contributed by atoms with E-state index >= 15 is 0 Å². The van der Waals surface area contributed by atoms with Gasteiger partial charge >= 0.3 is 6.18 Å². The zero-order valence-electron chi connectivity index (χ0n) is 14.9. The minimum atomic E-state index is -4.75. The third-order valence-corrected chi connectivity index (χ3v) is 4.88. The third kappa shape index (κ3) is 3.69. The molecule has 6 nitrogen and oxygen atoms in total. The molecule has 3 aromatic rings. The van der Waals surface area contributed by atoms with Crippen molar-refractivity contribution in [2.45, 2.75) is 30.6 Å². The number of aromatic nitrogens is 2. The molecule has 9 heteroatoms. The van der Waals surface area contributed by atoms with E-state index in [0.29, 0.717) is 5.56 Å². The highest BCUT2D eigenvalue weighted by Crippen LogP contribution is 2.36. The number of hydrogen-bond donors (Lipinski definition) is 3. The van der Waals surface area contributed by atoms with Gasteiger partial charge in [-0.1, -0.05) is 36.4 Å². The summed E-state index contributed by atoms with van der Waals surface area (Å²) in [6, 6.07) is 13.3. The fraction of sp³-hybridized carbons (Fsp3) is 0.300. The van der Waals surface area contributed by atoms with E-state index in [9.17, 15) is 28.5 Å². The van der Waals surface area contributed by atoms with Crippen LogP contribution in [-0.4, -0.2) is 50.2 Å². The fourth-order valence-corrected chi connectivity index (χ4v) is 3.35. The average molecular weight is 406 g/mol. The summed E-state index contributed by atoms with van der Waals surface area (Å²) in [4.78, 5) is 7.68. The SMILES string of the molecule is OC[C@H]1O[C@@H](c2nc(-c3ccc4ccccc4c3)cc(C(F)(F)F)n2)[C@H](O)[C@@H]1O. The molecule has 4 atom stereocenters. The lowest BCUT2D eigenvalue weighted by Gasteiger charge is -2.17. The third-order valence-electron chi connectivity index (χ3n) is 4.88. The van der Waals surface area contributed by atoms with E-state index in [1.807, 2.05) is 24.3 Å². The normalized spacial score (nSPS) is 24.9. The molecule has 0 unspecified atom stereocenters. The van der Waals surface area contributed by atoms with Crippen LogP contribution < -0.4 is 0 Å². The first-order chi connectivity index (χ1) is 13.8. The molecule has 0 aliphatic carbocycles. The molecule has 1 aromatic heterocycles. The van der Waals surface area contributed by atoms with Crippen molar-refractivity contribution in [3.8, 4) is 11.3 Å². The molecule has 1 aliphatic rings.